The van der Waals surface area contributed by atoms with Crippen molar-refractivity contribution in [3.63, 3.8) is 0 Å². The first-order valence-electron chi connectivity index (χ1n) is 3.38. The van der Waals surface area contributed by atoms with Crippen LogP contribution in [0.2, 0.25) is 0 Å². The molecule has 0 atom stereocenters. The summed E-state index contributed by atoms with van der Waals surface area (Å²) in [6.45, 7) is 2.11. The van der Waals surface area contributed by atoms with Crippen molar-refractivity contribution in [2.45, 2.75) is 32.6 Å². The maximum atomic E-state index is 10.5. The van der Waals surface area contributed by atoms with E-state index in [0.717, 1.165) is 19.3 Å². The van der Waals surface area contributed by atoms with Gasteiger partial charge in [-0.1, -0.05) is 19.8 Å². The zero-order chi connectivity index (χ0) is 7.11. The zero-order valence-electron chi connectivity index (χ0n) is 6.85. The Balaban J connectivity index is 0. The predicted molar refractivity (Wildman–Crippen MR) is 36.2 cm³/mol. The van der Waals surface area contributed by atoms with Crippen molar-refractivity contribution in [2.75, 3.05) is 7.11 Å². The smallest absolute Gasteiger partial charge is 0.305 e. The van der Waals surface area contributed by atoms with Gasteiger partial charge in [0.2, 0.25) is 0 Å². The fourth-order valence-corrected chi connectivity index (χ4v) is 0.621. The molecule has 0 spiro atoms. The second-order valence-electron chi connectivity index (χ2n) is 2.03. The van der Waals surface area contributed by atoms with Crippen LogP contribution in [-0.2, 0) is 29.0 Å². The molecule has 0 aromatic heterocycles. The third-order valence-corrected chi connectivity index (χ3v) is 1.21. The van der Waals surface area contributed by atoms with Gasteiger partial charge in [-0.15, -0.1) is 0 Å². The molecule has 0 aliphatic rings. The van der Waals surface area contributed by atoms with Crippen molar-refractivity contribution in [3.8, 4) is 0 Å². The molecule has 0 saturated carbocycles. The summed E-state index contributed by atoms with van der Waals surface area (Å²) in [5, 5.41) is 0. The maximum Gasteiger partial charge on any atom is 0.305 e. The van der Waals surface area contributed by atoms with Gasteiger partial charge in [0.25, 0.3) is 0 Å². The van der Waals surface area contributed by atoms with Crippen LogP contribution in [0.25, 0.3) is 0 Å². The van der Waals surface area contributed by atoms with E-state index < -0.39 is 0 Å². The molecule has 2 nitrogen and oxygen atoms in total. The maximum absolute atomic E-state index is 10.5. The minimum absolute atomic E-state index is 0. The fraction of sp³-hybridized carbons (Fsp3) is 0.857. The van der Waals surface area contributed by atoms with E-state index in [1.54, 1.807) is 0 Å². The molecule has 0 bridgehead atoms. The molecule has 0 aromatic carbocycles. The van der Waals surface area contributed by atoms with E-state index in [4.69, 9.17) is 0 Å². The van der Waals surface area contributed by atoms with E-state index in [9.17, 15) is 4.79 Å². The molecule has 0 radical (unpaired) electrons. The number of carbonyl (C=O) groups excluding carboxylic acids is 1. The standard InChI is InChI=1S/C7H14O2.Zn/c1-3-4-5-6-7(8)9-2;/h3-6H2,1-2H3;. The van der Waals surface area contributed by atoms with Crippen molar-refractivity contribution in [1.82, 2.24) is 0 Å². The molecule has 0 amide bonds. The molecule has 0 fully saturated rings. The first-order chi connectivity index (χ1) is 4.31. The third-order valence-electron chi connectivity index (χ3n) is 1.21. The average Bonchev–Trinajstić information content (AvgIpc) is 1.89. The van der Waals surface area contributed by atoms with E-state index in [0.29, 0.717) is 6.42 Å². The Morgan fingerprint density at radius 1 is 1.40 bits per heavy atom. The van der Waals surface area contributed by atoms with Gasteiger partial charge in [0.15, 0.2) is 0 Å². The molecule has 0 unspecified atom stereocenters. The molecule has 10 heavy (non-hydrogen) atoms. The van der Waals surface area contributed by atoms with Gasteiger partial charge >= 0.3 is 5.97 Å². The quantitative estimate of drug-likeness (QED) is 0.388. The van der Waals surface area contributed by atoms with Crippen LogP contribution in [0.15, 0.2) is 0 Å². The van der Waals surface area contributed by atoms with Gasteiger partial charge < -0.3 is 4.74 Å². The Morgan fingerprint density at radius 3 is 2.40 bits per heavy atom. The summed E-state index contributed by atoms with van der Waals surface area (Å²) in [7, 11) is 1.42. The van der Waals surface area contributed by atoms with E-state index in [1.165, 1.54) is 7.11 Å². The van der Waals surface area contributed by atoms with Crippen molar-refractivity contribution in [2.24, 2.45) is 0 Å². The predicted octanol–water partition coefficient (Wildman–Crippen LogP) is 1.74. The Hall–Kier alpha value is 0.0934. The minimum Gasteiger partial charge on any atom is -0.469 e. The summed E-state index contributed by atoms with van der Waals surface area (Å²) >= 11 is 0. The SMILES string of the molecule is CCCCCC(=O)OC.[Zn]. The number of unbranched alkanes of at least 4 members (excludes halogenated alkanes) is 2. The van der Waals surface area contributed by atoms with Gasteiger partial charge in [-0.05, 0) is 6.42 Å². The number of ether oxygens (including phenoxy) is 1. The molecule has 0 aliphatic heterocycles. The summed E-state index contributed by atoms with van der Waals surface area (Å²) < 4.78 is 4.46. The number of carbonyl (C=O) groups is 1. The molecular weight excluding hydrogens is 181 g/mol. The summed E-state index contributed by atoms with van der Waals surface area (Å²) in [5.41, 5.74) is 0. The van der Waals surface area contributed by atoms with E-state index in [-0.39, 0.29) is 25.4 Å². The Labute approximate surface area is 75.1 Å². The number of methoxy groups -OCH3 is 1. The second-order valence-corrected chi connectivity index (χ2v) is 2.03. The van der Waals surface area contributed by atoms with Crippen LogP contribution in [-0.4, -0.2) is 13.1 Å². The van der Waals surface area contributed by atoms with Crippen LogP contribution in [0, 0.1) is 0 Å². The van der Waals surface area contributed by atoms with E-state index >= 15 is 0 Å². The van der Waals surface area contributed by atoms with Crippen LogP contribution in [0.3, 0.4) is 0 Å². The Kier molecular flexibility index (Phi) is 11.6. The third kappa shape index (κ3) is 8.09. The molecule has 0 rings (SSSR count). The molecule has 0 N–H and O–H groups in total. The van der Waals surface area contributed by atoms with Crippen molar-refractivity contribution < 1.29 is 29.0 Å². The summed E-state index contributed by atoms with van der Waals surface area (Å²) in [4.78, 5) is 10.5. The molecular formula is C7H14O2Zn. The number of hydrogen-bond donors (Lipinski definition) is 0. The molecule has 0 aromatic rings. The summed E-state index contributed by atoms with van der Waals surface area (Å²) in [6, 6.07) is 0. The van der Waals surface area contributed by atoms with Gasteiger partial charge in [0.1, 0.15) is 0 Å². The number of rotatable bonds is 4. The van der Waals surface area contributed by atoms with E-state index in [1.807, 2.05) is 0 Å². The average molecular weight is 196 g/mol. The van der Waals surface area contributed by atoms with Gasteiger partial charge in [0.05, 0.1) is 7.11 Å². The first kappa shape index (κ1) is 12.7. The van der Waals surface area contributed by atoms with Gasteiger partial charge in [-0.25, -0.2) is 0 Å². The molecule has 0 heterocycles. The van der Waals surface area contributed by atoms with Gasteiger partial charge in [-0.3, -0.25) is 4.79 Å². The minimum atomic E-state index is -0.0940. The molecule has 0 saturated heterocycles. The van der Waals surface area contributed by atoms with Crippen LogP contribution in [0.1, 0.15) is 32.6 Å². The topological polar surface area (TPSA) is 26.3 Å². The van der Waals surface area contributed by atoms with Crippen molar-refractivity contribution in [1.29, 1.82) is 0 Å². The van der Waals surface area contributed by atoms with Crippen molar-refractivity contribution in [3.05, 3.63) is 0 Å². The molecule has 0 aliphatic carbocycles. The van der Waals surface area contributed by atoms with Crippen molar-refractivity contribution >= 4 is 5.97 Å². The Bertz CT molecular complexity index is 83.7. The van der Waals surface area contributed by atoms with Gasteiger partial charge in [0, 0.05) is 25.9 Å². The normalized spacial score (nSPS) is 8.20. The largest absolute Gasteiger partial charge is 0.469 e. The first-order valence-corrected chi connectivity index (χ1v) is 3.38. The summed E-state index contributed by atoms with van der Waals surface area (Å²) in [6.07, 6.45) is 3.81. The molecule has 3 heteroatoms. The van der Waals surface area contributed by atoms with Crippen LogP contribution in [0.4, 0.5) is 0 Å². The molecule has 56 valence electrons. The summed E-state index contributed by atoms with van der Waals surface area (Å²) in [5.74, 6) is -0.0940. The number of hydrogen-bond acceptors (Lipinski definition) is 2. The zero-order valence-corrected chi connectivity index (χ0v) is 9.82. The fourth-order valence-electron chi connectivity index (χ4n) is 0.621. The Morgan fingerprint density at radius 2 is 2.00 bits per heavy atom. The van der Waals surface area contributed by atoms with Crippen LogP contribution >= 0.6 is 0 Å². The van der Waals surface area contributed by atoms with Gasteiger partial charge in [-0.2, -0.15) is 0 Å². The van der Waals surface area contributed by atoms with E-state index in [2.05, 4.69) is 11.7 Å². The van der Waals surface area contributed by atoms with Crippen LogP contribution < -0.4 is 0 Å². The number of esters is 1. The monoisotopic (exact) mass is 194 g/mol. The van der Waals surface area contributed by atoms with Crippen LogP contribution in [0.5, 0.6) is 0 Å². The second kappa shape index (κ2) is 9.09.